The van der Waals surface area contributed by atoms with Crippen molar-refractivity contribution in [3.05, 3.63) is 17.0 Å². The maximum atomic E-state index is 5.18. The van der Waals surface area contributed by atoms with Crippen LogP contribution in [0.5, 0.6) is 5.06 Å². The summed E-state index contributed by atoms with van der Waals surface area (Å²) in [4.78, 5) is 1.36. The van der Waals surface area contributed by atoms with Crippen molar-refractivity contribution in [2.75, 3.05) is 7.11 Å². The van der Waals surface area contributed by atoms with Crippen LogP contribution >= 0.6 is 11.3 Å². The summed E-state index contributed by atoms with van der Waals surface area (Å²) in [6.45, 7) is 3.31. The Labute approximate surface area is 95.6 Å². The van der Waals surface area contributed by atoms with Gasteiger partial charge >= 0.3 is 0 Å². The number of nitrogens with one attached hydrogen (secondary N) is 1. The molecule has 0 spiro atoms. The maximum Gasteiger partial charge on any atom is 0.173 e. The Hall–Kier alpha value is -0.540. The predicted octanol–water partition coefficient (Wildman–Crippen LogP) is 3.18. The minimum Gasteiger partial charge on any atom is -0.487 e. The van der Waals surface area contributed by atoms with Crippen molar-refractivity contribution in [2.45, 2.75) is 44.7 Å². The van der Waals surface area contributed by atoms with Gasteiger partial charge in [0.25, 0.3) is 0 Å². The molecule has 0 atom stereocenters. The molecule has 1 aliphatic rings. The highest BCUT2D eigenvalue weighted by molar-refractivity contribution is 7.13. The number of ether oxygens (including phenoxy) is 1. The molecule has 1 saturated carbocycles. The third kappa shape index (κ3) is 2.73. The molecule has 84 valence electrons. The summed E-state index contributed by atoms with van der Waals surface area (Å²) in [5.41, 5.74) is 0.372. The van der Waals surface area contributed by atoms with Gasteiger partial charge in [-0.15, -0.1) is 11.3 Å². The molecule has 1 N–H and O–H groups in total. The molecule has 2 rings (SSSR count). The molecule has 1 aliphatic carbocycles. The molecule has 15 heavy (non-hydrogen) atoms. The standard InChI is InChI=1S/C12H19NOS/c1-12(7-3-4-8-12)13-9-10-5-6-11(14-2)15-10/h5-6,13H,3-4,7-9H2,1-2H3. The molecule has 3 heteroatoms. The van der Waals surface area contributed by atoms with Crippen molar-refractivity contribution in [1.82, 2.24) is 5.32 Å². The maximum absolute atomic E-state index is 5.18. The second-order valence-corrected chi connectivity index (χ2v) is 5.68. The molecule has 1 aromatic heterocycles. The van der Waals surface area contributed by atoms with Gasteiger partial charge in [0.05, 0.1) is 7.11 Å². The predicted molar refractivity (Wildman–Crippen MR) is 64.6 cm³/mol. The van der Waals surface area contributed by atoms with Gasteiger partial charge in [0.2, 0.25) is 0 Å². The number of thiophene rings is 1. The van der Waals surface area contributed by atoms with Crippen molar-refractivity contribution < 1.29 is 4.74 Å². The van der Waals surface area contributed by atoms with Gasteiger partial charge in [-0.3, -0.25) is 0 Å². The summed E-state index contributed by atoms with van der Waals surface area (Å²) in [6, 6.07) is 4.19. The molecule has 0 bridgehead atoms. The van der Waals surface area contributed by atoms with Gasteiger partial charge in [-0.05, 0) is 31.9 Å². The zero-order chi connectivity index (χ0) is 10.7. The van der Waals surface area contributed by atoms with Crippen LogP contribution in [-0.2, 0) is 6.54 Å². The molecular weight excluding hydrogens is 206 g/mol. The van der Waals surface area contributed by atoms with E-state index in [1.54, 1.807) is 18.4 Å². The molecule has 0 saturated heterocycles. The Morgan fingerprint density at radius 1 is 1.40 bits per heavy atom. The van der Waals surface area contributed by atoms with Gasteiger partial charge in [-0.25, -0.2) is 0 Å². The van der Waals surface area contributed by atoms with Crippen LogP contribution in [0.2, 0.25) is 0 Å². The van der Waals surface area contributed by atoms with Crippen molar-refractivity contribution >= 4 is 11.3 Å². The number of methoxy groups -OCH3 is 1. The molecule has 0 aliphatic heterocycles. The highest BCUT2D eigenvalue weighted by atomic mass is 32.1. The highest BCUT2D eigenvalue weighted by Crippen LogP contribution is 2.30. The normalized spacial score (nSPS) is 19.3. The summed E-state index contributed by atoms with van der Waals surface area (Å²) in [7, 11) is 1.72. The van der Waals surface area contributed by atoms with Gasteiger partial charge in [-0.2, -0.15) is 0 Å². The van der Waals surface area contributed by atoms with E-state index < -0.39 is 0 Å². The first-order valence-corrected chi connectivity index (χ1v) is 6.41. The van der Waals surface area contributed by atoms with E-state index in [1.807, 2.05) is 6.07 Å². The minimum atomic E-state index is 0.372. The summed E-state index contributed by atoms with van der Waals surface area (Å²) in [6.07, 6.45) is 5.37. The van der Waals surface area contributed by atoms with E-state index in [4.69, 9.17) is 4.74 Å². The van der Waals surface area contributed by atoms with E-state index in [9.17, 15) is 0 Å². The number of rotatable bonds is 4. The van der Waals surface area contributed by atoms with Crippen LogP contribution in [0.25, 0.3) is 0 Å². The zero-order valence-electron chi connectivity index (χ0n) is 9.51. The lowest BCUT2D eigenvalue weighted by Gasteiger charge is -2.24. The van der Waals surface area contributed by atoms with Crippen LogP contribution in [0.3, 0.4) is 0 Å². The van der Waals surface area contributed by atoms with Crippen molar-refractivity contribution in [2.24, 2.45) is 0 Å². The van der Waals surface area contributed by atoms with Crippen LogP contribution < -0.4 is 10.1 Å². The first-order valence-electron chi connectivity index (χ1n) is 5.60. The average molecular weight is 225 g/mol. The summed E-state index contributed by atoms with van der Waals surface area (Å²) in [5, 5.41) is 4.67. The topological polar surface area (TPSA) is 21.3 Å². The fraction of sp³-hybridized carbons (Fsp3) is 0.667. The fourth-order valence-corrected chi connectivity index (χ4v) is 2.95. The van der Waals surface area contributed by atoms with Gasteiger partial charge in [0.1, 0.15) is 0 Å². The van der Waals surface area contributed by atoms with E-state index in [2.05, 4.69) is 18.3 Å². The van der Waals surface area contributed by atoms with Crippen molar-refractivity contribution in [1.29, 1.82) is 0 Å². The quantitative estimate of drug-likeness (QED) is 0.849. The Morgan fingerprint density at radius 3 is 2.73 bits per heavy atom. The monoisotopic (exact) mass is 225 g/mol. The van der Waals surface area contributed by atoms with E-state index in [0.29, 0.717) is 5.54 Å². The van der Waals surface area contributed by atoms with Crippen LogP contribution in [0.15, 0.2) is 12.1 Å². The second kappa shape index (κ2) is 4.54. The SMILES string of the molecule is COc1ccc(CNC2(C)CCCC2)s1. The Balaban J connectivity index is 1.87. The molecular formula is C12H19NOS. The zero-order valence-corrected chi connectivity index (χ0v) is 10.3. The lowest BCUT2D eigenvalue weighted by atomic mass is 10.0. The third-order valence-electron chi connectivity index (χ3n) is 3.23. The fourth-order valence-electron chi connectivity index (χ4n) is 2.20. The Bertz CT molecular complexity index is 315. The van der Waals surface area contributed by atoms with Crippen LogP contribution in [0.4, 0.5) is 0 Å². The van der Waals surface area contributed by atoms with Crippen LogP contribution in [0, 0.1) is 0 Å². The summed E-state index contributed by atoms with van der Waals surface area (Å²) >= 11 is 1.73. The van der Waals surface area contributed by atoms with E-state index in [-0.39, 0.29) is 0 Å². The second-order valence-electron chi connectivity index (χ2n) is 4.55. The lowest BCUT2D eigenvalue weighted by Crippen LogP contribution is -2.38. The van der Waals surface area contributed by atoms with E-state index >= 15 is 0 Å². The lowest BCUT2D eigenvalue weighted by molar-refractivity contribution is 0.364. The first kappa shape index (κ1) is 11.0. The van der Waals surface area contributed by atoms with Crippen molar-refractivity contribution in [3.8, 4) is 5.06 Å². The molecule has 1 aromatic rings. The Morgan fingerprint density at radius 2 is 2.13 bits per heavy atom. The van der Waals surface area contributed by atoms with Crippen molar-refractivity contribution in [3.63, 3.8) is 0 Å². The molecule has 0 amide bonds. The van der Waals surface area contributed by atoms with Gasteiger partial charge in [0.15, 0.2) is 5.06 Å². The molecule has 1 heterocycles. The average Bonchev–Trinajstić information content (AvgIpc) is 2.84. The minimum absolute atomic E-state index is 0.372. The highest BCUT2D eigenvalue weighted by Gasteiger charge is 2.27. The largest absolute Gasteiger partial charge is 0.487 e. The summed E-state index contributed by atoms with van der Waals surface area (Å²) in [5.74, 6) is 0. The van der Waals surface area contributed by atoms with E-state index in [0.717, 1.165) is 11.6 Å². The van der Waals surface area contributed by atoms with Gasteiger partial charge in [-0.1, -0.05) is 12.8 Å². The number of hydrogen-bond acceptors (Lipinski definition) is 3. The molecule has 0 aromatic carbocycles. The smallest absolute Gasteiger partial charge is 0.173 e. The first-order chi connectivity index (χ1) is 7.22. The van der Waals surface area contributed by atoms with E-state index in [1.165, 1.54) is 30.6 Å². The Kier molecular flexibility index (Phi) is 3.32. The number of hydrogen-bond donors (Lipinski definition) is 1. The third-order valence-corrected chi connectivity index (χ3v) is 4.28. The molecule has 1 fully saturated rings. The molecule has 2 nitrogen and oxygen atoms in total. The van der Waals surface area contributed by atoms with Crippen LogP contribution in [-0.4, -0.2) is 12.6 Å². The molecule has 0 unspecified atom stereocenters. The molecule has 0 radical (unpaired) electrons. The van der Waals surface area contributed by atoms with Gasteiger partial charge < -0.3 is 10.1 Å². The van der Waals surface area contributed by atoms with Crippen LogP contribution in [0.1, 0.15) is 37.5 Å². The van der Waals surface area contributed by atoms with Gasteiger partial charge in [0, 0.05) is 17.0 Å². The summed E-state index contributed by atoms with van der Waals surface area (Å²) < 4.78 is 5.18.